The topological polar surface area (TPSA) is 148 Å². The van der Waals surface area contributed by atoms with Crippen molar-refractivity contribution in [3.8, 4) is 0 Å². The molecule has 2 aromatic heterocycles. The fraction of sp³-hybridized carbons (Fsp3) is 0.100. The molecule has 152 valence electrons. The second-order valence-corrected chi connectivity index (χ2v) is 7.47. The second-order valence-electron chi connectivity index (χ2n) is 6.50. The van der Waals surface area contributed by atoms with Gasteiger partial charge in [-0.25, -0.2) is 9.97 Å². The van der Waals surface area contributed by atoms with Gasteiger partial charge in [-0.05, 0) is 42.0 Å². The van der Waals surface area contributed by atoms with Crippen molar-refractivity contribution in [2.24, 2.45) is 11.5 Å². The molecule has 7 N–H and O–H groups in total. The van der Waals surface area contributed by atoms with Crippen molar-refractivity contribution in [2.75, 3.05) is 10.6 Å². The molecule has 30 heavy (non-hydrogen) atoms. The minimum Gasteiger partial charge on any atom is -0.358 e. The van der Waals surface area contributed by atoms with E-state index in [4.69, 9.17) is 11.5 Å². The number of H-pyrrole nitrogens is 1. The lowest BCUT2D eigenvalue weighted by molar-refractivity contribution is 0.102. The van der Waals surface area contributed by atoms with E-state index < -0.39 is 6.29 Å². The van der Waals surface area contributed by atoms with Crippen LogP contribution >= 0.6 is 11.8 Å². The molecule has 2 aromatic carbocycles. The fourth-order valence-corrected chi connectivity index (χ4v) is 3.77. The van der Waals surface area contributed by atoms with Gasteiger partial charge in [-0.3, -0.25) is 21.4 Å². The molecule has 0 aliphatic heterocycles. The smallest absolute Gasteiger partial charge is 0.255 e. The van der Waals surface area contributed by atoms with Gasteiger partial charge in [0.1, 0.15) is 17.6 Å². The summed E-state index contributed by atoms with van der Waals surface area (Å²) in [5.74, 6) is 0.500. The molecule has 0 bridgehead atoms. The maximum Gasteiger partial charge on any atom is 0.255 e. The van der Waals surface area contributed by atoms with Gasteiger partial charge < -0.3 is 10.6 Å². The third kappa shape index (κ3) is 4.74. The Hall–Kier alpha value is -3.47. The number of hydrogen-bond acceptors (Lipinski definition) is 8. The molecular weight excluding hydrogens is 400 g/mol. The molecular formula is C20H20N8OS. The molecule has 4 rings (SSSR count). The van der Waals surface area contributed by atoms with Crippen molar-refractivity contribution in [1.29, 1.82) is 0 Å². The number of nitrogens with one attached hydrogen (secondary N) is 3. The Morgan fingerprint density at radius 3 is 2.73 bits per heavy atom. The summed E-state index contributed by atoms with van der Waals surface area (Å²) < 4.78 is 0. The summed E-state index contributed by atoms with van der Waals surface area (Å²) >= 11 is 1.59. The highest BCUT2D eigenvalue weighted by Crippen LogP contribution is 2.27. The minimum absolute atomic E-state index is 0.195. The zero-order chi connectivity index (χ0) is 20.9. The number of nitrogens with zero attached hydrogens (tertiary/aromatic N) is 3. The average Bonchev–Trinajstić information content (AvgIpc) is 3.22. The highest BCUT2D eigenvalue weighted by Gasteiger charge is 2.09. The van der Waals surface area contributed by atoms with Crippen LogP contribution in [0.25, 0.3) is 11.0 Å². The summed E-state index contributed by atoms with van der Waals surface area (Å²) in [6.07, 6.45) is 2.58. The zero-order valence-corrected chi connectivity index (χ0v) is 16.7. The SMILES string of the molecule is NC(N)Nc1ccc(C(=O)Nc2cccc(CSc3ncnc4[nH]ncc34)c2)cc1. The number of aromatic amines is 1. The minimum atomic E-state index is -0.655. The van der Waals surface area contributed by atoms with E-state index in [-0.39, 0.29) is 5.91 Å². The van der Waals surface area contributed by atoms with Crippen LogP contribution in [0.1, 0.15) is 15.9 Å². The Kier molecular flexibility index (Phi) is 5.89. The molecule has 0 aliphatic rings. The van der Waals surface area contributed by atoms with E-state index in [0.717, 1.165) is 27.4 Å². The highest BCUT2D eigenvalue weighted by molar-refractivity contribution is 7.98. The van der Waals surface area contributed by atoms with Crippen LogP contribution in [0.15, 0.2) is 66.1 Å². The highest BCUT2D eigenvalue weighted by atomic mass is 32.2. The lowest BCUT2D eigenvalue weighted by Crippen LogP contribution is -2.38. The van der Waals surface area contributed by atoms with Crippen LogP contribution in [0.3, 0.4) is 0 Å². The zero-order valence-electron chi connectivity index (χ0n) is 15.9. The monoisotopic (exact) mass is 420 g/mol. The van der Waals surface area contributed by atoms with Crippen LogP contribution in [-0.4, -0.2) is 32.4 Å². The van der Waals surface area contributed by atoms with Crippen molar-refractivity contribution in [3.05, 3.63) is 72.2 Å². The molecule has 0 saturated heterocycles. The van der Waals surface area contributed by atoms with Gasteiger partial charge in [0, 0.05) is 22.7 Å². The van der Waals surface area contributed by atoms with E-state index in [1.807, 2.05) is 24.3 Å². The summed E-state index contributed by atoms with van der Waals surface area (Å²) in [7, 11) is 0. The van der Waals surface area contributed by atoms with Gasteiger partial charge in [0.15, 0.2) is 5.65 Å². The summed E-state index contributed by atoms with van der Waals surface area (Å²) in [5.41, 5.74) is 14.8. The number of rotatable bonds is 7. The molecule has 0 fully saturated rings. The summed E-state index contributed by atoms with van der Waals surface area (Å²) in [6, 6.07) is 14.7. The Balaban J connectivity index is 1.40. The van der Waals surface area contributed by atoms with E-state index in [0.29, 0.717) is 17.0 Å². The number of thioether (sulfide) groups is 1. The van der Waals surface area contributed by atoms with Gasteiger partial charge in [0.05, 0.1) is 11.6 Å². The molecule has 0 atom stereocenters. The van der Waals surface area contributed by atoms with Crippen LogP contribution < -0.4 is 22.1 Å². The van der Waals surface area contributed by atoms with Gasteiger partial charge in [-0.2, -0.15) is 5.10 Å². The van der Waals surface area contributed by atoms with Crippen LogP contribution in [0, 0.1) is 0 Å². The first kappa shape index (κ1) is 19.8. The van der Waals surface area contributed by atoms with Gasteiger partial charge in [0.2, 0.25) is 0 Å². The third-order valence-electron chi connectivity index (χ3n) is 4.25. The number of nitrogens with two attached hydrogens (primary N) is 2. The first-order chi connectivity index (χ1) is 14.6. The van der Waals surface area contributed by atoms with Crippen LogP contribution in [0.2, 0.25) is 0 Å². The lowest BCUT2D eigenvalue weighted by atomic mass is 10.1. The molecule has 1 amide bonds. The first-order valence-corrected chi connectivity index (χ1v) is 10.1. The van der Waals surface area contributed by atoms with E-state index in [1.54, 1.807) is 42.2 Å². The van der Waals surface area contributed by atoms with Crippen molar-refractivity contribution in [3.63, 3.8) is 0 Å². The molecule has 9 nitrogen and oxygen atoms in total. The second kappa shape index (κ2) is 8.91. The fourth-order valence-electron chi connectivity index (χ4n) is 2.86. The lowest BCUT2D eigenvalue weighted by Gasteiger charge is -2.11. The van der Waals surface area contributed by atoms with Crippen LogP contribution in [-0.2, 0) is 5.75 Å². The van der Waals surface area contributed by atoms with Crippen molar-refractivity contribution >= 4 is 40.1 Å². The van der Waals surface area contributed by atoms with Crippen molar-refractivity contribution in [1.82, 2.24) is 20.2 Å². The molecule has 2 heterocycles. The molecule has 0 unspecified atom stereocenters. The number of fused-ring (bicyclic) bond motifs is 1. The largest absolute Gasteiger partial charge is 0.358 e. The molecule has 10 heteroatoms. The predicted molar refractivity (Wildman–Crippen MR) is 118 cm³/mol. The molecule has 0 spiro atoms. The Labute approximate surface area is 176 Å². The molecule has 0 radical (unpaired) electrons. The van der Waals surface area contributed by atoms with Gasteiger partial charge in [-0.1, -0.05) is 12.1 Å². The van der Waals surface area contributed by atoms with Gasteiger partial charge in [0.25, 0.3) is 5.91 Å². The standard InChI is InChI=1S/C20H20N8OS/c21-20(22)27-14-6-4-13(5-7-14)18(29)26-15-3-1-2-12(8-15)10-30-19-16-9-25-28-17(16)23-11-24-19/h1-9,11,20,27H,10,21-22H2,(H,26,29)(H,23,24,25,28). The summed E-state index contributed by atoms with van der Waals surface area (Å²) in [6.45, 7) is 0. The number of amides is 1. The third-order valence-corrected chi connectivity index (χ3v) is 5.33. The summed E-state index contributed by atoms with van der Waals surface area (Å²) in [5, 5.41) is 14.4. The Morgan fingerprint density at radius 1 is 1.10 bits per heavy atom. The number of carbonyl (C=O) groups is 1. The Morgan fingerprint density at radius 2 is 1.93 bits per heavy atom. The molecule has 4 aromatic rings. The van der Waals surface area contributed by atoms with E-state index in [9.17, 15) is 4.79 Å². The van der Waals surface area contributed by atoms with Gasteiger partial charge >= 0.3 is 0 Å². The summed E-state index contributed by atoms with van der Waals surface area (Å²) in [4.78, 5) is 21.0. The molecule has 0 aliphatic carbocycles. The number of hydrogen-bond donors (Lipinski definition) is 5. The number of carbonyl (C=O) groups excluding carboxylic acids is 1. The van der Waals surface area contributed by atoms with E-state index in [2.05, 4.69) is 30.8 Å². The van der Waals surface area contributed by atoms with Crippen molar-refractivity contribution < 1.29 is 4.79 Å². The number of anilines is 2. The van der Waals surface area contributed by atoms with E-state index >= 15 is 0 Å². The maximum absolute atomic E-state index is 12.5. The number of aromatic nitrogens is 4. The first-order valence-electron chi connectivity index (χ1n) is 9.13. The van der Waals surface area contributed by atoms with Crippen LogP contribution in [0.4, 0.5) is 11.4 Å². The normalized spacial score (nSPS) is 11.0. The van der Waals surface area contributed by atoms with Gasteiger partial charge in [-0.15, -0.1) is 11.8 Å². The maximum atomic E-state index is 12.5. The molecule has 0 saturated carbocycles. The van der Waals surface area contributed by atoms with E-state index in [1.165, 1.54) is 6.33 Å². The van der Waals surface area contributed by atoms with Crippen LogP contribution in [0.5, 0.6) is 0 Å². The number of benzene rings is 2. The van der Waals surface area contributed by atoms with Crippen molar-refractivity contribution in [2.45, 2.75) is 17.1 Å². The average molecular weight is 421 g/mol. The quantitative estimate of drug-likeness (QED) is 0.174. The predicted octanol–water partition coefficient (Wildman–Crippen LogP) is 2.51. The Bertz CT molecular complexity index is 1160.